The van der Waals surface area contributed by atoms with Gasteiger partial charge in [-0.25, -0.2) is 4.79 Å². The molecule has 0 bridgehead atoms. The highest BCUT2D eigenvalue weighted by Gasteiger charge is 2.44. The number of aliphatic hydroxyl groups is 1. The summed E-state index contributed by atoms with van der Waals surface area (Å²) >= 11 is 6.32. The summed E-state index contributed by atoms with van der Waals surface area (Å²) in [7, 11) is 0. The van der Waals surface area contributed by atoms with Crippen LogP contribution < -0.4 is 9.64 Å². The summed E-state index contributed by atoms with van der Waals surface area (Å²) in [4.78, 5) is 14.1. The van der Waals surface area contributed by atoms with Gasteiger partial charge in [0.05, 0.1) is 24.0 Å². The van der Waals surface area contributed by atoms with Crippen molar-refractivity contribution in [1.82, 2.24) is 0 Å². The summed E-state index contributed by atoms with van der Waals surface area (Å²) in [5, 5.41) is 21.0. The summed E-state index contributed by atoms with van der Waals surface area (Å²) in [6, 6.07) is 11.3. The van der Waals surface area contributed by atoms with Crippen molar-refractivity contribution in [3.05, 3.63) is 70.8 Å². The van der Waals surface area contributed by atoms with Gasteiger partial charge in [0.25, 0.3) is 0 Å². The molecule has 0 saturated heterocycles. The van der Waals surface area contributed by atoms with E-state index >= 15 is 0 Å². The smallest absolute Gasteiger partial charge is 0.335 e. The van der Waals surface area contributed by atoms with Gasteiger partial charge in [0, 0.05) is 23.5 Å². The molecule has 2 aliphatic carbocycles. The fourth-order valence-corrected chi connectivity index (χ4v) is 6.40. The molecule has 3 unspecified atom stereocenters. The number of ether oxygens (including phenoxy) is 1. The summed E-state index contributed by atoms with van der Waals surface area (Å²) in [5.41, 5.74) is 3.47. The first-order valence-corrected chi connectivity index (χ1v) is 12.6. The second kappa shape index (κ2) is 9.27. The van der Waals surface area contributed by atoms with Crippen LogP contribution in [0.4, 0.5) is 5.69 Å². The van der Waals surface area contributed by atoms with Crippen molar-refractivity contribution in [1.29, 1.82) is 0 Å². The number of anilines is 1. The molecule has 5 nitrogen and oxygen atoms in total. The zero-order valence-corrected chi connectivity index (χ0v) is 20.1. The minimum atomic E-state index is -0.942. The first-order valence-electron chi connectivity index (χ1n) is 12.2. The Morgan fingerprint density at radius 3 is 2.88 bits per heavy atom. The van der Waals surface area contributed by atoms with Gasteiger partial charge in [-0.1, -0.05) is 23.7 Å². The number of aryl methyl sites for hydroxylation is 1. The molecule has 1 saturated carbocycles. The molecule has 0 amide bonds. The van der Waals surface area contributed by atoms with Gasteiger partial charge in [0.2, 0.25) is 0 Å². The van der Waals surface area contributed by atoms with E-state index in [-0.39, 0.29) is 23.0 Å². The summed E-state index contributed by atoms with van der Waals surface area (Å²) < 4.78 is 6.41. The van der Waals surface area contributed by atoms with Gasteiger partial charge in [0.15, 0.2) is 0 Å². The predicted octanol–water partition coefficient (Wildman–Crippen LogP) is 5.47. The average molecular weight is 482 g/mol. The third kappa shape index (κ3) is 4.20. The van der Waals surface area contributed by atoms with Crippen molar-refractivity contribution in [3.63, 3.8) is 0 Å². The largest absolute Gasteiger partial charge is 0.490 e. The highest BCUT2D eigenvalue weighted by atomic mass is 35.5. The van der Waals surface area contributed by atoms with Gasteiger partial charge >= 0.3 is 5.97 Å². The van der Waals surface area contributed by atoms with Crippen molar-refractivity contribution in [2.75, 3.05) is 24.6 Å². The lowest BCUT2D eigenvalue weighted by Crippen LogP contribution is -2.49. The lowest BCUT2D eigenvalue weighted by Gasteiger charge is -2.45. The van der Waals surface area contributed by atoms with Crippen LogP contribution in [0.3, 0.4) is 0 Å². The van der Waals surface area contributed by atoms with Crippen LogP contribution >= 0.6 is 11.6 Å². The molecule has 2 aromatic rings. The van der Waals surface area contributed by atoms with Crippen molar-refractivity contribution in [3.8, 4) is 5.75 Å². The van der Waals surface area contributed by atoms with E-state index in [4.69, 9.17) is 16.3 Å². The van der Waals surface area contributed by atoms with Gasteiger partial charge < -0.3 is 19.8 Å². The number of aromatic carboxylic acids is 1. The molecular weight excluding hydrogens is 450 g/mol. The lowest BCUT2D eigenvalue weighted by atomic mass is 9.68. The first kappa shape index (κ1) is 23.3. The molecule has 0 aromatic heterocycles. The molecule has 0 radical (unpaired) electrons. The Labute approximate surface area is 206 Å². The Kier molecular flexibility index (Phi) is 6.34. The number of hydrogen-bond acceptors (Lipinski definition) is 4. The Balaban J connectivity index is 1.52. The number of carboxylic acids is 1. The predicted molar refractivity (Wildman–Crippen MR) is 134 cm³/mol. The number of rotatable bonds is 6. The van der Waals surface area contributed by atoms with E-state index < -0.39 is 5.97 Å². The molecule has 1 aliphatic heterocycles. The maximum absolute atomic E-state index is 11.8. The second-order valence-corrected chi connectivity index (χ2v) is 10.6. The standard InChI is InChI=1S/C28H32ClNO4/c1-2-4-25(31)22-9-6-20(22)15-30-16-28(12-3-5-18-13-21(29)8-10-23(18)28)17-34-26-11-7-19(27(32)33)14-24(26)30/h2,7-8,10-11,13-14,20,22,25,31H,1,3-6,9,12,15-17H2,(H,32,33)/t20?,22?,25-,28?/m1/s1. The maximum Gasteiger partial charge on any atom is 0.335 e. The zero-order chi connectivity index (χ0) is 23.9. The van der Waals surface area contributed by atoms with Crippen LogP contribution in [0.25, 0.3) is 0 Å². The van der Waals surface area contributed by atoms with Crippen LogP contribution in [0.15, 0.2) is 49.1 Å². The fourth-order valence-electron chi connectivity index (χ4n) is 6.20. The van der Waals surface area contributed by atoms with E-state index in [1.54, 1.807) is 24.3 Å². The van der Waals surface area contributed by atoms with E-state index in [0.717, 1.165) is 61.7 Å². The second-order valence-electron chi connectivity index (χ2n) is 10.2. The van der Waals surface area contributed by atoms with E-state index in [2.05, 4.69) is 23.6 Å². The van der Waals surface area contributed by atoms with Gasteiger partial charge in [-0.3, -0.25) is 0 Å². The highest BCUT2D eigenvalue weighted by Crippen LogP contribution is 2.46. The molecule has 1 heterocycles. The number of carbonyl (C=O) groups is 1. The van der Waals surface area contributed by atoms with E-state index in [1.165, 1.54) is 11.1 Å². The van der Waals surface area contributed by atoms with Crippen molar-refractivity contribution in [2.24, 2.45) is 11.8 Å². The summed E-state index contributed by atoms with van der Waals surface area (Å²) in [6.07, 6.45) is 7.15. The summed E-state index contributed by atoms with van der Waals surface area (Å²) in [5.74, 6) is 0.370. The number of carboxylic acid groups (broad SMARTS) is 1. The molecular formula is C28H32ClNO4. The minimum Gasteiger partial charge on any atom is -0.490 e. The molecule has 1 spiro atoms. The number of halogens is 1. The fraction of sp³-hybridized carbons (Fsp3) is 0.464. The molecule has 180 valence electrons. The number of fused-ring (bicyclic) bond motifs is 3. The number of benzene rings is 2. The van der Waals surface area contributed by atoms with Crippen LogP contribution in [0.5, 0.6) is 5.75 Å². The Morgan fingerprint density at radius 2 is 2.15 bits per heavy atom. The molecule has 2 N–H and O–H groups in total. The zero-order valence-electron chi connectivity index (χ0n) is 19.4. The number of nitrogens with zero attached hydrogens (tertiary/aromatic N) is 1. The normalized spacial score (nSPS) is 26.5. The van der Waals surface area contributed by atoms with Crippen LogP contribution in [-0.4, -0.2) is 42.0 Å². The Hall–Kier alpha value is -2.50. The maximum atomic E-state index is 11.8. The van der Waals surface area contributed by atoms with Crippen molar-refractivity contribution in [2.45, 2.75) is 50.0 Å². The van der Waals surface area contributed by atoms with Crippen LogP contribution in [0.2, 0.25) is 5.02 Å². The molecule has 6 heteroatoms. The third-order valence-electron chi connectivity index (χ3n) is 8.12. The van der Waals surface area contributed by atoms with Gasteiger partial charge in [0.1, 0.15) is 5.75 Å². The summed E-state index contributed by atoms with van der Waals surface area (Å²) in [6.45, 7) is 5.84. The number of hydrogen-bond donors (Lipinski definition) is 2. The van der Waals surface area contributed by atoms with Crippen LogP contribution in [-0.2, 0) is 11.8 Å². The quantitative estimate of drug-likeness (QED) is 0.535. The van der Waals surface area contributed by atoms with E-state index in [0.29, 0.717) is 18.9 Å². The lowest BCUT2D eigenvalue weighted by molar-refractivity contribution is 0.0178. The average Bonchev–Trinajstić information content (AvgIpc) is 2.94. The number of aliphatic hydroxyl groups excluding tert-OH is 1. The minimum absolute atomic E-state index is 0.195. The van der Waals surface area contributed by atoms with Crippen molar-refractivity contribution < 1.29 is 19.7 Å². The Morgan fingerprint density at radius 1 is 1.29 bits per heavy atom. The molecule has 3 aliphatic rings. The monoisotopic (exact) mass is 481 g/mol. The first-order chi connectivity index (χ1) is 16.4. The van der Waals surface area contributed by atoms with Crippen LogP contribution in [0, 0.1) is 11.8 Å². The van der Waals surface area contributed by atoms with Gasteiger partial charge in [-0.05, 0) is 91.8 Å². The highest BCUT2D eigenvalue weighted by molar-refractivity contribution is 6.30. The van der Waals surface area contributed by atoms with E-state index in [9.17, 15) is 15.0 Å². The van der Waals surface area contributed by atoms with Gasteiger partial charge in [-0.2, -0.15) is 0 Å². The molecule has 34 heavy (non-hydrogen) atoms. The molecule has 1 fully saturated rings. The Bertz CT molecular complexity index is 1100. The topological polar surface area (TPSA) is 70.0 Å². The SMILES string of the molecule is C=CC[C@@H](O)C1CCC1CN1CC2(CCCc3cc(Cl)ccc32)COc2ccc(C(=O)O)cc21. The van der Waals surface area contributed by atoms with Crippen LogP contribution in [0.1, 0.15) is 53.6 Å². The van der Waals surface area contributed by atoms with Crippen molar-refractivity contribution >= 4 is 23.3 Å². The van der Waals surface area contributed by atoms with E-state index in [1.807, 2.05) is 6.07 Å². The molecule has 5 rings (SSSR count). The van der Waals surface area contributed by atoms with Gasteiger partial charge in [-0.15, -0.1) is 6.58 Å². The third-order valence-corrected chi connectivity index (χ3v) is 8.35. The molecule has 2 aromatic carbocycles. The molecule has 4 atom stereocenters.